The minimum absolute atomic E-state index is 0.144. The third kappa shape index (κ3) is 5.50. The fourth-order valence-electron chi connectivity index (χ4n) is 4.57. The Morgan fingerprint density at radius 2 is 1.62 bits per heavy atom. The average molecular weight is 400 g/mol. The van der Waals surface area contributed by atoms with E-state index in [1.807, 2.05) is 11.3 Å². The van der Waals surface area contributed by atoms with Crippen LogP contribution in [0.4, 0.5) is 4.79 Å². The van der Waals surface area contributed by atoms with Crippen LogP contribution in [0.25, 0.3) is 0 Å². The molecule has 0 aliphatic carbocycles. The van der Waals surface area contributed by atoms with Gasteiger partial charge in [-0.25, -0.2) is 4.79 Å². The van der Waals surface area contributed by atoms with E-state index in [4.69, 9.17) is 5.73 Å². The van der Waals surface area contributed by atoms with Crippen LogP contribution >= 0.6 is 0 Å². The number of nitrogens with zero attached hydrogens (tertiary/aromatic N) is 3. The maximum atomic E-state index is 12.6. The molecular weight excluding hydrogens is 364 g/mol. The standard InChI is InChI=1S/C23H35N4O2/c1-3-19-7-5-18(17-20(19)4-2)6-8-22(28)26-15-13-25(14-16-26)21-9-11-27(12-10-21)23(24)29/h5,7-8,17,21H,3-4,6,9-16H2,1-2H3,(H2,24,29). The van der Waals surface area contributed by atoms with Crippen molar-refractivity contribution < 1.29 is 9.59 Å². The number of rotatable bonds is 6. The molecule has 2 N–H and O–H groups in total. The summed E-state index contributed by atoms with van der Waals surface area (Å²) < 4.78 is 0. The number of hydrogen-bond donors (Lipinski definition) is 1. The van der Waals surface area contributed by atoms with E-state index in [-0.39, 0.29) is 11.9 Å². The van der Waals surface area contributed by atoms with Gasteiger partial charge < -0.3 is 15.5 Å². The number of benzene rings is 1. The maximum absolute atomic E-state index is 12.6. The first kappa shape index (κ1) is 21.6. The number of carbonyl (C=O) groups is 2. The van der Waals surface area contributed by atoms with Gasteiger partial charge in [-0.05, 0) is 48.8 Å². The summed E-state index contributed by atoms with van der Waals surface area (Å²) >= 11 is 0. The van der Waals surface area contributed by atoms with Gasteiger partial charge in [0.15, 0.2) is 0 Å². The van der Waals surface area contributed by atoms with Crippen LogP contribution in [-0.4, -0.2) is 71.9 Å². The second kappa shape index (κ2) is 10.1. The average Bonchev–Trinajstić information content (AvgIpc) is 2.77. The fourth-order valence-corrected chi connectivity index (χ4v) is 4.57. The maximum Gasteiger partial charge on any atom is 0.314 e. The van der Waals surface area contributed by atoms with Gasteiger partial charge in [-0.15, -0.1) is 0 Å². The highest BCUT2D eigenvalue weighted by Crippen LogP contribution is 2.19. The lowest BCUT2D eigenvalue weighted by Gasteiger charge is -2.42. The van der Waals surface area contributed by atoms with E-state index in [0.717, 1.165) is 65.0 Å². The van der Waals surface area contributed by atoms with Gasteiger partial charge >= 0.3 is 6.03 Å². The predicted molar refractivity (Wildman–Crippen MR) is 116 cm³/mol. The number of piperazine rings is 1. The highest BCUT2D eigenvalue weighted by atomic mass is 16.2. The molecule has 0 bridgehead atoms. The van der Waals surface area contributed by atoms with E-state index >= 15 is 0 Å². The molecule has 2 heterocycles. The molecule has 29 heavy (non-hydrogen) atoms. The van der Waals surface area contributed by atoms with Crippen LogP contribution in [0, 0.1) is 6.42 Å². The summed E-state index contributed by atoms with van der Waals surface area (Å²) in [7, 11) is 0. The largest absolute Gasteiger partial charge is 0.351 e. The van der Waals surface area contributed by atoms with Crippen molar-refractivity contribution in [2.24, 2.45) is 5.73 Å². The van der Waals surface area contributed by atoms with Crippen LogP contribution < -0.4 is 5.73 Å². The van der Waals surface area contributed by atoms with Gasteiger partial charge in [-0.2, -0.15) is 0 Å². The molecule has 0 aromatic heterocycles. The van der Waals surface area contributed by atoms with Crippen molar-refractivity contribution in [2.45, 2.75) is 52.0 Å². The van der Waals surface area contributed by atoms with E-state index in [1.165, 1.54) is 16.7 Å². The number of nitrogens with two attached hydrogens (primary N) is 1. The lowest BCUT2D eigenvalue weighted by Crippen LogP contribution is -2.55. The van der Waals surface area contributed by atoms with Gasteiger partial charge in [0.1, 0.15) is 0 Å². The van der Waals surface area contributed by atoms with Crippen LogP contribution in [0.1, 0.15) is 43.4 Å². The Morgan fingerprint density at radius 1 is 0.966 bits per heavy atom. The summed E-state index contributed by atoms with van der Waals surface area (Å²) in [4.78, 5) is 30.1. The topological polar surface area (TPSA) is 69.9 Å². The van der Waals surface area contributed by atoms with E-state index in [1.54, 1.807) is 4.90 Å². The molecule has 2 fully saturated rings. The molecule has 1 radical (unpaired) electrons. The molecule has 3 amide bonds. The molecule has 159 valence electrons. The molecular formula is C23H35N4O2. The number of likely N-dealkylation sites (tertiary alicyclic amines) is 1. The summed E-state index contributed by atoms with van der Waals surface area (Å²) in [5.41, 5.74) is 9.38. The normalized spacial score (nSPS) is 18.8. The van der Waals surface area contributed by atoms with Crippen LogP contribution in [-0.2, 0) is 24.1 Å². The number of urea groups is 1. The minimum atomic E-state index is -0.315. The van der Waals surface area contributed by atoms with E-state index < -0.39 is 0 Å². The van der Waals surface area contributed by atoms with Crippen LogP contribution in [0.5, 0.6) is 0 Å². The third-order valence-electron chi connectivity index (χ3n) is 6.46. The number of hydrogen-bond acceptors (Lipinski definition) is 3. The first-order valence-corrected chi connectivity index (χ1v) is 11.0. The van der Waals surface area contributed by atoms with E-state index in [0.29, 0.717) is 12.5 Å². The molecule has 0 saturated carbocycles. The van der Waals surface area contributed by atoms with Gasteiger partial charge in [0.25, 0.3) is 0 Å². The lowest BCUT2D eigenvalue weighted by molar-refractivity contribution is -0.129. The Bertz CT molecular complexity index is 705. The molecule has 2 saturated heterocycles. The molecule has 6 heteroatoms. The van der Waals surface area contributed by atoms with Gasteiger partial charge in [0.2, 0.25) is 5.91 Å². The monoisotopic (exact) mass is 399 g/mol. The molecule has 6 nitrogen and oxygen atoms in total. The summed E-state index contributed by atoms with van der Waals surface area (Å²) in [5.74, 6) is 0.144. The highest BCUT2D eigenvalue weighted by molar-refractivity contribution is 5.85. The fraction of sp³-hybridized carbons (Fsp3) is 0.609. The number of amides is 3. The van der Waals surface area contributed by atoms with Gasteiger partial charge in [0, 0.05) is 45.3 Å². The van der Waals surface area contributed by atoms with Crippen LogP contribution in [0.15, 0.2) is 18.2 Å². The summed E-state index contributed by atoms with van der Waals surface area (Å²) in [6.07, 6.45) is 6.55. The number of aryl methyl sites for hydroxylation is 2. The SMILES string of the molecule is CCc1ccc(C[CH]C(=O)N2CCN(C3CCN(C(N)=O)CC3)CC2)cc1CC. The molecule has 2 aliphatic rings. The molecule has 0 atom stereocenters. The zero-order valence-electron chi connectivity index (χ0n) is 17.9. The Balaban J connectivity index is 1.43. The quantitative estimate of drug-likeness (QED) is 0.798. The van der Waals surface area contributed by atoms with Crippen molar-refractivity contribution in [1.29, 1.82) is 0 Å². The Kier molecular flexibility index (Phi) is 7.53. The van der Waals surface area contributed by atoms with Crippen molar-refractivity contribution in [3.8, 4) is 0 Å². The summed E-state index contributed by atoms with van der Waals surface area (Å²) in [5, 5.41) is 0. The lowest BCUT2D eigenvalue weighted by atomic mass is 9.98. The third-order valence-corrected chi connectivity index (χ3v) is 6.46. The van der Waals surface area contributed by atoms with Crippen LogP contribution in [0.3, 0.4) is 0 Å². The van der Waals surface area contributed by atoms with Gasteiger partial charge in [0.05, 0.1) is 6.42 Å². The summed E-state index contributed by atoms with van der Waals surface area (Å²) in [6.45, 7) is 9.22. The van der Waals surface area contributed by atoms with Gasteiger partial charge in [-0.3, -0.25) is 9.69 Å². The Morgan fingerprint density at radius 3 is 2.21 bits per heavy atom. The van der Waals surface area contributed by atoms with Crippen molar-refractivity contribution in [3.63, 3.8) is 0 Å². The Hall–Kier alpha value is -2.08. The van der Waals surface area contributed by atoms with Crippen molar-refractivity contribution >= 4 is 11.9 Å². The van der Waals surface area contributed by atoms with Crippen molar-refractivity contribution in [2.75, 3.05) is 39.3 Å². The van der Waals surface area contributed by atoms with Crippen LogP contribution in [0.2, 0.25) is 0 Å². The molecule has 2 aliphatic heterocycles. The van der Waals surface area contributed by atoms with Gasteiger partial charge in [-0.1, -0.05) is 32.0 Å². The molecule has 3 rings (SSSR count). The smallest absolute Gasteiger partial charge is 0.314 e. The first-order valence-electron chi connectivity index (χ1n) is 11.0. The molecule has 0 spiro atoms. The predicted octanol–water partition coefficient (Wildman–Crippen LogP) is 2.25. The highest BCUT2D eigenvalue weighted by Gasteiger charge is 2.29. The van der Waals surface area contributed by atoms with Crippen molar-refractivity contribution in [1.82, 2.24) is 14.7 Å². The molecule has 0 unspecified atom stereocenters. The van der Waals surface area contributed by atoms with E-state index in [9.17, 15) is 9.59 Å². The van der Waals surface area contributed by atoms with Crippen molar-refractivity contribution in [3.05, 3.63) is 41.3 Å². The van der Waals surface area contributed by atoms with E-state index in [2.05, 4.69) is 36.9 Å². The zero-order chi connectivity index (χ0) is 20.8. The number of carbonyl (C=O) groups excluding carboxylic acids is 2. The first-order chi connectivity index (χ1) is 14.0. The minimum Gasteiger partial charge on any atom is -0.351 e. The second-order valence-electron chi connectivity index (χ2n) is 8.14. The zero-order valence-corrected chi connectivity index (χ0v) is 17.9. The Labute approximate surface area is 175 Å². The number of primary amides is 1. The molecule has 1 aromatic rings. The number of piperidine rings is 1. The molecule has 1 aromatic carbocycles. The second-order valence-corrected chi connectivity index (χ2v) is 8.14. The summed E-state index contributed by atoms with van der Waals surface area (Å²) in [6, 6.07) is 6.78.